The smallest absolute Gasteiger partial charge is 0.271 e. The molecular weight excluding hydrogens is 248 g/mol. The fraction of sp³-hybridized carbons (Fsp3) is 0.417. The number of aromatic nitrogens is 2. The molecule has 3 N–H and O–H groups in total. The van der Waals surface area contributed by atoms with Crippen molar-refractivity contribution in [2.24, 2.45) is 0 Å². The van der Waals surface area contributed by atoms with Crippen molar-refractivity contribution >= 4 is 22.7 Å². The minimum atomic E-state index is -0.472. The van der Waals surface area contributed by atoms with Crippen LogP contribution in [-0.2, 0) is 0 Å². The molecule has 0 spiro atoms. The molecule has 0 aliphatic rings. The number of imidazole rings is 1. The average molecular weight is 264 g/mol. The Bertz CT molecular complexity index is 604. The van der Waals surface area contributed by atoms with Gasteiger partial charge in [-0.1, -0.05) is 6.92 Å². The number of anilines is 1. The lowest BCUT2D eigenvalue weighted by molar-refractivity contribution is -0.384. The lowest BCUT2D eigenvalue weighted by Crippen LogP contribution is -2.38. The van der Waals surface area contributed by atoms with E-state index < -0.39 is 10.5 Å². The van der Waals surface area contributed by atoms with Crippen LogP contribution in [0.5, 0.6) is 0 Å². The molecule has 0 aliphatic carbocycles. The maximum atomic E-state index is 10.7. The second-order valence-corrected chi connectivity index (χ2v) is 4.74. The van der Waals surface area contributed by atoms with E-state index in [-0.39, 0.29) is 12.3 Å². The van der Waals surface area contributed by atoms with Gasteiger partial charge in [0.15, 0.2) is 0 Å². The Morgan fingerprint density at radius 1 is 1.58 bits per heavy atom. The highest BCUT2D eigenvalue weighted by Gasteiger charge is 2.22. The monoisotopic (exact) mass is 264 g/mol. The Labute approximate surface area is 109 Å². The molecule has 1 heterocycles. The molecule has 2 aromatic rings. The molecule has 0 saturated heterocycles. The Morgan fingerprint density at radius 2 is 2.32 bits per heavy atom. The van der Waals surface area contributed by atoms with Gasteiger partial charge in [0.05, 0.1) is 28.1 Å². The number of benzene rings is 1. The third-order valence-corrected chi connectivity index (χ3v) is 3.23. The highest BCUT2D eigenvalue weighted by atomic mass is 16.6. The Hall–Kier alpha value is -2.15. The molecule has 7 heteroatoms. The zero-order valence-electron chi connectivity index (χ0n) is 10.8. The molecule has 0 fully saturated rings. The number of aliphatic hydroxyl groups is 1. The standard InChI is InChI=1S/C12H16N4O3/c1-3-12(2,7-17)15-11-13-9-5-4-8(16(18)19)6-10(9)14-11/h4-6,17H,3,7H2,1-2H3,(H2,13,14,15). The summed E-state index contributed by atoms with van der Waals surface area (Å²) in [6, 6.07) is 4.45. The molecular formula is C12H16N4O3. The van der Waals surface area contributed by atoms with Crippen molar-refractivity contribution in [3.63, 3.8) is 0 Å². The van der Waals surface area contributed by atoms with E-state index >= 15 is 0 Å². The van der Waals surface area contributed by atoms with Gasteiger partial charge in [0, 0.05) is 12.1 Å². The number of H-pyrrole nitrogens is 1. The van der Waals surface area contributed by atoms with Crippen molar-refractivity contribution < 1.29 is 10.0 Å². The number of hydrogen-bond donors (Lipinski definition) is 3. The summed E-state index contributed by atoms with van der Waals surface area (Å²) in [6.07, 6.45) is 0.723. The summed E-state index contributed by atoms with van der Waals surface area (Å²) in [5.74, 6) is 0.494. The minimum absolute atomic E-state index is 0.0168. The van der Waals surface area contributed by atoms with Crippen molar-refractivity contribution in [3.8, 4) is 0 Å². The van der Waals surface area contributed by atoms with Gasteiger partial charge in [0.1, 0.15) is 0 Å². The van der Waals surface area contributed by atoms with Gasteiger partial charge in [-0.3, -0.25) is 10.1 Å². The normalized spacial score (nSPS) is 14.3. The fourth-order valence-electron chi connectivity index (χ4n) is 1.70. The second-order valence-electron chi connectivity index (χ2n) is 4.74. The van der Waals surface area contributed by atoms with Crippen molar-refractivity contribution in [2.75, 3.05) is 11.9 Å². The highest BCUT2D eigenvalue weighted by molar-refractivity contribution is 5.80. The summed E-state index contributed by atoms with van der Waals surface area (Å²) in [5, 5.41) is 23.1. The van der Waals surface area contributed by atoms with Crippen LogP contribution in [0, 0.1) is 10.1 Å². The summed E-state index contributed by atoms with van der Waals surface area (Å²) < 4.78 is 0. The van der Waals surface area contributed by atoms with Crippen LogP contribution in [0.2, 0.25) is 0 Å². The predicted octanol–water partition coefficient (Wildman–Crippen LogP) is 2.04. The van der Waals surface area contributed by atoms with Gasteiger partial charge in [0.2, 0.25) is 5.95 Å². The maximum absolute atomic E-state index is 10.7. The number of aromatic amines is 1. The van der Waals surface area contributed by atoms with E-state index in [4.69, 9.17) is 0 Å². The number of aliphatic hydroxyl groups excluding tert-OH is 1. The average Bonchev–Trinajstić information content (AvgIpc) is 2.79. The van der Waals surface area contributed by atoms with Gasteiger partial charge >= 0.3 is 0 Å². The summed E-state index contributed by atoms with van der Waals surface area (Å²) in [7, 11) is 0. The van der Waals surface area contributed by atoms with E-state index in [1.807, 2.05) is 13.8 Å². The molecule has 102 valence electrons. The number of nitrogens with one attached hydrogen (secondary N) is 2. The summed E-state index contributed by atoms with van der Waals surface area (Å²) in [6.45, 7) is 3.81. The molecule has 0 aliphatic heterocycles. The van der Waals surface area contributed by atoms with Crippen molar-refractivity contribution in [2.45, 2.75) is 25.8 Å². The number of rotatable bonds is 5. The lowest BCUT2D eigenvalue weighted by Gasteiger charge is -2.26. The first-order chi connectivity index (χ1) is 8.97. The first-order valence-corrected chi connectivity index (χ1v) is 6.00. The van der Waals surface area contributed by atoms with Gasteiger partial charge < -0.3 is 15.4 Å². The topological polar surface area (TPSA) is 104 Å². The van der Waals surface area contributed by atoms with Crippen molar-refractivity contribution in [3.05, 3.63) is 28.3 Å². The minimum Gasteiger partial charge on any atom is -0.394 e. The molecule has 1 aromatic heterocycles. The quantitative estimate of drug-likeness (QED) is 0.566. The van der Waals surface area contributed by atoms with E-state index in [1.54, 1.807) is 6.07 Å². The van der Waals surface area contributed by atoms with Gasteiger partial charge in [-0.2, -0.15) is 0 Å². The van der Waals surface area contributed by atoms with E-state index in [2.05, 4.69) is 15.3 Å². The SMILES string of the molecule is CCC(C)(CO)Nc1nc2ccc([N+](=O)[O-])cc2[nH]1. The summed E-state index contributed by atoms with van der Waals surface area (Å²) >= 11 is 0. The van der Waals surface area contributed by atoms with Gasteiger partial charge in [0.25, 0.3) is 5.69 Å². The number of nitro benzene ring substituents is 1. The zero-order valence-corrected chi connectivity index (χ0v) is 10.8. The van der Waals surface area contributed by atoms with Crippen LogP contribution >= 0.6 is 0 Å². The fourth-order valence-corrected chi connectivity index (χ4v) is 1.70. The van der Waals surface area contributed by atoms with Crippen LogP contribution in [-0.4, -0.2) is 32.1 Å². The van der Waals surface area contributed by atoms with Gasteiger partial charge in [-0.05, 0) is 19.4 Å². The number of hydrogen-bond acceptors (Lipinski definition) is 5. The van der Waals surface area contributed by atoms with Crippen LogP contribution in [0.15, 0.2) is 18.2 Å². The first kappa shape index (κ1) is 13.3. The molecule has 1 aromatic carbocycles. The lowest BCUT2D eigenvalue weighted by atomic mass is 10.0. The molecule has 0 bridgehead atoms. The summed E-state index contributed by atoms with van der Waals surface area (Å²) in [4.78, 5) is 17.5. The van der Waals surface area contributed by atoms with E-state index in [0.29, 0.717) is 17.0 Å². The number of nitrogens with zero attached hydrogens (tertiary/aromatic N) is 2. The third-order valence-electron chi connectivity index (χ3n) is 3.23. The van der Waals surface area contributed by atoms with Crippen molar-refractivity contribution in [1.29, 1.82) is 0 Å². The van der Waals surface area contributed by atoms with Gasteiger partial charge in [-0.25, -0.2) is 4.98 Å². The van der Waals surface area contributed by atoms with Crippen LogP contribution in [0.1, 0.15) is 20.3 Å². The Morgan fingerprint density at radius 3 is 2.89 bits per heavy atom. The number of fused-ring (bicyclic) bond motifs is 1. The van der Waals surface area contributed by atoms with E-state index in [9.17, 15) is 15.2 Å². The second kappa shape index (κ2) is 4.85. The largest absolute Gasteiger partial charge is 0.394 e. The number of nitro groups is 1. The Kier molecular flexibility index (Phi) is 3.39. The predicted molar refractivity (Wildman–Crippen MR) is 72.2 cm³/mol. The molecule has 1 unspecified atom stereocenters. The molecule has 2 rings (SSSR count). The van der Waals surface area contributed by atoms with Crippen molar-refractivity contribution in [1.82, 2.24) is 9.97 Å². The van der Waals surface area contributed by atoms with E-state index in [0.717, 1.165) is 6.42 Å². The zero-order chi connectivity index (χ0) is 14.0. The number of non-ortho nitro benzene ring substituents is 1. The van der Waals surface area contributed by atoms with Crippen LogP contribution < -0.4 is 5.32 Å². The van der Waals surface area contributed by atoms with E-state index in [1.165, 1.54) is 12.1 Å². The molecule has 19 heavy (non-hydrogen) atoms. The Balaban J connectivity index is 2.34. The first-order valence-electron chi connectivity index (χ1n) is 6.00. The highest BCUT2D eigenvalue weighted by Crippen LogP contribution is 2.22. The molecule has 7 nitrogen and oxygen atoms in total. The third kappa shape index (κ3) is 2.65. The van der Waals surface area contributed by atoms with Gasteiger partial charge in [-0.15, -0.1) is 0 Å². The van der Waals surface area contributed by atoms with Crippen LogP contribution in [0.3, 0.4) is 0 Å². The molecule has 0 radical (unpaired) electrons. The van der Waals surface area contributed by atoms with Crippen LogP contribution in [0.4, 0.5) is 11.6 Å². The molecule has 0 saturated carbocycles. The van der Waals surface area contributed by atoms with Crippen LogP contribution in [0.25, 0.3) is 11.0 Å². The maximum Gasteiger partial charge on any atom is 0.271 e. The molecule has 1 atom stereocenters. The molecule has 0 amide bonds. The summed E-state index contributed by atoms with van der Waals surface area (Å²) in [5.41, 5.74) is 0.778.